The van der Waals surface area contributed by atoms with Crippen LogP contribution in [0, 0.1) is 16.7 Å². The molecular formula is C24H25N5O3. The first-order valence-electron chi connectivity index (χ1n) is 10.8. The van der Waals surface area contributed by atoms with E-state index in [1.807, 2.05) is 25.4 Å². The van der Waals surface area contributed by atoms with Gasteiger partial charge in [-0.15, -0.1) is 0 Å². The van der Waals surface area contributed by atoms with E-state index in [4.69, 9.17) is 9.26 Å². The minimum absolute atomic E-state index is 0.0882. The quantitative estimate of drug-likeness (QED) is 0.582. The minimum Gasteiger partial charge on any atom is -0.441 e. The van der Waals surface area contributed by atoms with E-state index in [2.05, 4.69) is 34.3 Å². The Morgan fingerprint density at radius 3 is 2.94 bits per heavy atom. The molecular weight excluding hydrogens is 406 g/mol. The molecule has 1 saturated carbocycles. The van der Waals surface area contributed by atoms with Crippen LogP contribution in [0.3, 0.4) is 0 Å². The van der Waals surface area contributed by atoms with Crippen molar-refractivity contribution in [3.05, 3.63) is 48.4 Å². The molecule has 0 N–H and O–H groups in total. The zero-order valence-electron chi connectivity index (χ0n) is 18.3. The van der Waals surface area contributed by atoms with E-state index < -0.39 is 11.7 Å². The first-order valence-corrected chi connectivity index (χ1v) is 10.8. The highest BCUT2D eigenvalue weighted by Gasteiger charge is 2.52. The monoisotopic (exact) mass is 431 g/mol. The van der Waals surface area contributed by atoms with Gasteiger partial charge in [-0.1, -0.05) is 18.7 Å². The van der Waals surface area contributed by atoms with E-state index in [1.165, 1.54) is 4.90 Å². The lowest BCUT2D eigenvalue weighted by atomic mass is 9.68. The highest BCUT2D eigenvalue weighted by Crippen LogP contribution is 2.48. The average Bonchev–Trinajstić information content (AvgIpc) is 3.45. The van der Waals surface area contributed by atoms with E-state index in [9.17, 15) is 10.1 Å². The smallest absolute Gasteiger partial charge is 0.417 e. The van der Waals surface area contributed by atoms with E-state index in [-0.39, 0.29) is 5.41 Å². The Bertz CT molecular complexity index is 1270. The summed E-state index contributed by atoms with van der Waals surface area (Å²) < 4.78 is 13.5. The summed E-state index contributed by atoms with van der Waals surface area (Å²) in [6.07, 6.45) is 4.97. The molecule has 3 heterocycles. The summed E-state index contributed by atoms with van der Waals surface area (Å²) in [4.78, 5) is 18.8. The molecule has 1 saturated heterocycles. The number of fused-ring (bicyclic) bond motifs is 1. The van der Waals surface area contributed by atoms with Crippen LogP contribution in [0.4, 0.5) is 10.7 Å². The van der Waals surface area contributed by atoms with Gasteiger partial charge in [-0.2, -0.15) is 5.26 Å². The molecule has 0 unspecified atom stereocenters. The third-order valence-electron chi connectivity index (χ3n) is 6.64. The number of anilines is 1. The van der Waals surface area contributed by atoms with Gasteiger partial charge in [0.1, 0.15) is 11.3 Å². The predicted molar refractivity (Wildman–Crippen MR) is 119 cm³/mol. The highest BCUT2D eigenvalue weighted by molar-refractivity contribution is 5.89. The molecule has 8 heteroatoms. The van der Waals surface area contributed by atoms with E-state index in [0.29, 0.717) is 23.7 Å². The Balaban J connectivity index is 1.38. The van der Waals surface area contributed by atoms with Crippen molar-refractivity contribution in [3.63, 3.8) is 0 Å². The van der Waals surface area contributed by atoms with Crippen LogP contribution in [0.15, 0.2) is 41.7 Å². The van der Waals surface area contributed by atoms with Crippen molar-refractivity contribution in [3.8, 4) is 6.07 Å². The molecule has 1 spiro atoms. The maximum absolute atomic E-state index is 12.7. The van der Waals surface area contributed by atoms with Gasteiger partial charge in [0.2, 0.25) is 5.88 Å². The second kappa shape index (κ2) is 7.23. The number of allylic oxidation sites excluding steroid dienone is 1. The summed E-state index contributed by atoms with van der Waals surface area (Å²) in [5.74, 6) is 0.391. The van der Waals surface area contributed by atoms with Crippen LogP contribution in [0.5, 0.6) is 0 Å². The lowest BCUT2D eigenvalue weighted by Crippen LogP contribution is -2.45. The number of carbonyl (C=O) groups is 1. The Labute approximate surface area is 186 Å². The average molecular weight is 431 g/mol. The first kappa shape index (κ1) is 20.3. The third-order valence-corrected chi connectivity index (χ3v) is 6.64. The minimum atomic E-state index is -0.561. The molecule has 1 amide bonds. The number of imidazole rings is 1. The lowest BCUT2D eigenvalue weighted by Gasteiger charge is -2.43. The number of ether oxygens (including phenoxy) is 1. The number of hydrogen-bond donors (Lipinski definition) is 0. The number of rotatable bonds is 4. The summed E-state index contributed by atoms with van der Waals surface area (Å²) in [5, 5.41) is 13.3. The summed E-state index contributed by atoms with van der Waals surface area (Å²) in [6, 6.07) is 9.47. The van der Waals surface area contributed by atoms with Crippen molar-refractivity contribution in [2.45, 2.75) is 51.7 Å². The van der Waals surface area contributed by atoms with Crippen LogP contribution >= 0.6 is 0 Å². The van der Waals surface area contributed by atoms with Crippen molar-refractivity contribution in [2.24, 2.45) is 5.41 Å². The third kappa shape index (κ3) is 3.44. The van der Waals surface area contributed by atoms with E-state index in [1.54, 1.807) is 12.1 Å². The lowest BCUT2D eigenvalue weighted by molar-refractivity contribution is -0.0264. The van der Waals surface area contributed by atoms with Crippen molar-refractivity contribution in [2.75, 3.05) is 11.4 Å². The van der Waals surface area contributed by atoms with Crippen molar-refractivity contribution in [1.82, 2.24) is 14.7 Å². The summed E-state index contributed by atoms with van der Waals surface area (Å²) in [6.45, 7) is 9.13. The van der Waals surface area contributed by atoms with Gasteiger partial charge in [-0.3, -0.25) is 0 Å². The number of nitrogens with zero attached hydrogens (tertiary/aromatic N) is 5. The number of carbonyl (C=O) groups excluding carboxylic acids is 1. The Morgan fingerprint density at radius 2 is 2.19 bits per heavy atom. The molecule has 1 aromatic carbocycles. The predicted octanol–water partition coefficient (Wildman–Crippen LogP) is 4.90. The number of amides is 1. The Kier molecular flexibility index (Phi) is 4.59. The normalized spacial score (nSPS) is 25.3. The van der Waals surface area contributed by atoms with Crippen LogP contribution in [0.25, 0.3) is 16.6 Å². The molecule has 2 fully saturated rings. The van der Waals surface area contributed by atoms with Crippen molar-refractivity contribution < 1.29 is 14.1 Å². The maximum Gasteiger partial charge on any atom is 0.417 e. The van der Waals surface area contributed by atoms with E-state index >= 15 is 0 Å². The van der Waals surface area contributed by atoms with Gasteiger partial charge in [-0.25, -0.2) is 14.7 Å². The van der Waals surface area contributed by atoms with Gasteiger partial charge in [0.15, 0.2) is 0 Å². The SMILES string of the molecule is C=C(C)c1cc(N2C[C@@]3(CCC[C@](C)(Cn4cnc5ccc(C#N)cc54)C3)OC2=O)on1. The molecule has 1 aliphatic carbocycles. The molecule has 32 heavy (non-hydrogen) atoms. The van der Waals surface area contributed by atoms with Crippen LogP contribution in [0.1, 0.15) is 50.8 Å². The topological polar surface area (TPSA) is 97.2 Å². The Morgan fingerprint density at radius 1 is 1.34 bits per heavy atom. The van der Waals surface area contributed by atoms with Gasteiger partial charge >= 0.3 is 6.09 Å². The van der Waals surface area contributed by atoms with Gasteiger partial charge in [0, 0.05) is 12.6 Å². The first-order chi connectivity index (χ1) is 15.3. The van der Waals surface area contributed by atoms with Gasteiger partial charge in [0.05, 0.1) is 35.5 Å². The van der Waals surface area contributed by atoms with Crippen LogP contribution in [-0.2, 0) is 11.3 Å². The molecule has 1 aliphatic heterocycles. The molecule has 2 aromatic heterocycles. The number of benzene rings is 1. The molecule has 8 nitrogen and oxygen atoms in total. The number of hydrogen-bond acceptors (Lipinski definition) is 6. The van der Waals surface area contributed by atoms with E-state index in [0.717, 1.165) is 48.8 Å². The molecule has 3 aromatic rings. The van der Waals surface area contributed by atoms with Crippen LogP contribution in [-0.4, -0.2) is 32.9 Å². The fraction of sp³-hybridized carbons (Fsp3) is 0.417. The maximum atomic E-state index is 12.7. The summed E-state index contributed by atoms with van der Waals surface area (Å²) in [5.41, 5.74) is 3.19. The van der Waals surface area contributed by atoms with Gasteiger partial charge in [0.25, 0.3) is 0 Å². The molecule has 2 aliphatic rings. The standard InChI is InChI=1S/C24H25N5O3/c1-16(2)19-10-21(32-27-19)29-14-24(31-22(29)30)8-4-7-23(3,12-24)13-28-15-26-18-6-5-17(11-25)9-20(18)28/h5-6,9-10,15H,1,4,7-8,12-14H2,2-3H3/t23-,24-/m0/s1. The van der Waals surface area contributed by atoms with Crippen LogP contribution in [0.2, 0.25) is 0 Å². The largest absolute Gasteiger partial charge is 0.441 e. The zero-order valence-corrected chi connectivity index (χ0v) is 18.3. The van der Waals surface area contributed by atoms with Gasteiger partial charge < -0.3 is 13.8 Å². The Hall–Kier alpha value is -3.60. The van der Waals surface area contributed by atoms with Crippen molar-refractivity contribution >= 4 is 28.6 Å². The highest BCUT2D eigenvalue weighted by atomic mass is 16.6. The second-order valence-corrected chi connectivity index (χ2v) is 9.50. The zero-order chi connectivity index (χ0) is 22.5. The molecule has 5 rings (SSSR count). The fourth-order valence-electron chi connectivity index (χ4n) is 5.20. The van der Waals surface area contributed by atoms with Gasteiger partial charge in [-0.05, 0) is 61.8 Å². The summed E-state index contributed by atoms with van der Waals surface area (Å²) >= 11 is 0. The summed E-state index contributed by atoms with van der Waals surface area (Å²) in [7, 11) is 0. The number of aromatic nitrogens is 3. The van der Waals surface area contributed by atoms with Crippen LogP contribution < -0.4 is 4.90 Å². The van der Waals surface area contributed by atoms with Crippen molar-refractivity contribution in [1.29, 1.82) is 5.26 Å². The second-order valence-electron chi connectivity index (χ2n) is 9.50. The number of nitriles is 1. The molecule has 0 radical (unpaired) electrons. The molecule has 0 bridgehead atoms. The molecule has 164 valence electrons. The fourth-order valence-corrected chi connectivity index (χ4v) is 5.20. The molecule has 2 atom stereocenters.